The lowest BCUT2D eigenvalue weighted by Crippen LogP contribution is -2.49. The average Bonchev–Trinajstić information content (AvgIpc) is 3.19. The van der Waals surface area contributed by atoms with E-state index < -0.39 is 0 Å². The molecule has 0 spiro atoms. The third kappa shape index (κ3) is 13.5. The van der Waals surface area contributed by atoms with Gasteiger partial charge in [0.05, 0.1) is 6.61 Å². The first-order valence-corrected chi connectivity index (χ1v) is 22.5. The van der Waals surface area contributed by atoms with Crippen LogP contribution in [-0.2, 0) is 16.0 Å². The largest absolute Gasteiger partial charge is 0.369 e. The Morgan fingerprint density at radius 2 is 1.70 bits per heavy atom. The Labute approximate surface area is 346 Å². The van der Waals surface area contributed by atoms with E-state index in [9.17, 15) is 0 Å². The molecule has 4 heterocycles. The summed E-state index contributed by atoms with van der Waals surface area (Å²) in [6.07, 6.45) is 13.5. The van der Waals surface area contributed by atoms with Gasteiger partial charge < -0.3 is 24.8 Å². The zero-order valence-electron chi connectivity index (χ0n) is 36.8. The number of likely N-dealkylation sites (tertiary alicyclic amines) is 1. The molecule has 6 rings (SSSR count). The second kappa shape index (κ2) is 23.2. The molecule has 4 aliphatic rings. The topological polar surface area (TPSA) is 77.1 Å². The summed E-state index contributed by atoms with van der Waals surface area (Å²) in [5.74, 6) is 10.7. The number of nitrogens with one attached hydrogen (secondary N) is 1. The quantitative estimate of drug-likeness (QED) is 0.0983. The zero-order chi connectivity index (χ0) is 40.6. The molecule has 1 amide bonds. The fraction of sp³-hybridized carbons (Fsp3) is 0.688. The van der Waals surface area contributed by atoms with E-state index in [0.717, 1.165) is 68.6 Å². The predicted octanol–water partition coefficient (Wildman–Crippen LogP) is 8.04. The van der Waals surface area contributed by atoms with Gasteiger partial charge in [0.25, 0.3) is 0 Å². The van der Waals surface area contributed by atoms with E-state index in [2.05, 4.69) is 103 Å². The summed E-state index contributed by atoms with van der Waals surface area (Å²) in [4.78, 5) is 29.0. The number of amides is 1. The van der Waals surface area contributed by atoms with E-state index in [1.165, 1.54) is 108 Å². The van der Waals surface area contributed by atoms with Crippen LogP contribution in [0.5, 0.6) is 0 Å². The van der Waals surface area contributed by atoms with Crippen molar-refractivity contribution in [1.82, 2.24) is 25.1 Å². The molecule has 1 N–H and O–H groups in total. The fourth-order valence-corrected chi connectivity index (χ4v) is 8.50. The predicted molar refractivity (Wildman–Crippen MR) is 238 cm³/mol. The molecule has 1 unspecified atom stereocenters. The number of ether oxygens (including phenoxy) is 1. The molecule has 4 fully saturated rings. The smallest absolute Gasteiger partial charge is 0.207 e. The van der Waals surface area contributed by atoms with Crippen molar-refractivity contribution < 1.29 is 9.53 Å². The van der Waals surface area contributed by atoms with Crippen LogP contribution in [0.3, 0.4) is 0 Å². The van der Waals surface area contributed by atoms with Gasteiger partial charge in [-0.1, -0.05) is 71.4 Å². The van der Waals surface area contributed by atoms with Gasteiger partial charge >= 0.3 is 0 Å². The highest BCUT2D eigenvalue weighted by molar-refractivity contribution is 5.73. The first kappa shape index (κ1) is 44.6. The molecule has 1 aromatic carbocycles. The third-order valence-corrected chi connectivity index (χ3v) is 12.8. The molecular formula is C48H75N7O2. The van der Waals surface area contributed by atoms with E-state index in [-0.39, 0.29) is 0 Å². The second-order valence-electron chi connectivity index (χ2n) is 17.5. The Kier molecular flexibility index (Phi) is 18.2. The van der Waals surface area contributed by atoms with Crippen LogP contribution in [0, 0.1) is 29.6 Å². The molecule has 2 aromatic rings. The van der Waals surface area contributed by atoms with Crippen LogP contribution < -0.4 is 15.1 Å². The highest BCUT2D eigenvalue weighted by atomic mass is 16.5. The number of allylic oxidation sites excluding steroid dienone is 2. The number of aromatic nitrogens is 2. The van der Waals surface area contributed by atoms with Gasteiger partial charge in [-0.3, -0.25) is 9.69 Å². The first-order valence-electron chi connectivity index (χ1n) is 22.5. The molecule has 9 heteroatoms. The average molecular weight is 782 g/mol. The van der Waals surface area contributed by atoms with Crippen LogP contribution in [0.25, 0.3) is 5.57 Å². The maximum absolute atomic E-state index is 9.06. The van der Waals surface area contributed by atoms with Gasteiger partial charge in [-0.2, -0.15) is 0 Å². The van der Waals surface area contributed by atoms with Crippen LogP contribution in [0.4, 0.5) is 11.5 Å². The van der Waals surface area contributed by atoms with Crippen molar-refractivity contribution in [3.8, 4) is 11.8 Å². The zero-order valence-corrected chi connectivity index (χ0v) is 36.8. The number of anilines is 2. The lowest BCUT2D eigenvalue weighted by Gasteiger charge is -2.40. The molecule has 1 aliphatic carbocycles. The fourth-order valence-electron chi connectivity index (χ4n) is 8.50. The summed E-state index contributed by atoms with van der Waals surface area (Å²) in [5, 5.41) is 2.25. The molecule has 1 saturated carbocycles. The standard InChI is InChI=1S/C46H70N6O.C2H5NO/c1-7-9-12-39-33-52(34-39)46-31-44(35(3)4)47-45(48-46)15-11-27-53-28-26-49-20-18-38(19-21-49)32-50-22-24-51(25-23-50)42-17-16-41(29-36(5)8-2)43(30-42)37(6)40-13-10-14-40;1-3-2-4/h16-17,30-31,35-36,38-39H,7-10,12-14,18-29,32-34H2,1-6H3;2H,1H3,(H,3,4). The molecule has 314 valence electrons. The van der Waals surface area contributed by atoms with Crippen molar-refractivity contribution in [2.45, 2.75) is 112 Å². The minimum atomic E-state index is 0.352. The van der Waals surface area contributed by atoms with E-state index in [1.807, 2.05) is 0 Å². The van der Waals surface area contributed by atoms with E-state index >= 15 is 0 Å². The van der Waals surface area contributed by atoms with Crippen molar-refractivity contribution in [3.05, 3.63) is 52.5 Å². The van der Waals surface area contributed by atoms with Gasteiger partial charge in [-0.25, -0.2) is 9.97 Å². The summed E-state index contributed by atoms with van der Waals surface area (Å²) in [6, 6.07) is 9.55. The highest BCUT2D eigenvalue weighted by Gasteiger charge is 2.28. The molecule has 57 heavy (non-hydrogen) atoms. The summed E-state index contributed by atoms with van der Waals surface area (Å²) in [5.41, 5.74) is 8.82. The number of nitrogens with zero attached hydrogens (tertiary/aromatic N) is 6. The van der Waals surface area contributed by atoms with Crippen molar-refractivity contribution in [1.29, 1.82) is 0 Å². The van der Waals surface area contributed by atoms with Crippen LogP contribution in [-0.4, -0.2) is 112 Å². The van der Waals surface area contributed by atoms with Crippen LogP contribution >= 0.6 is 0 Å². The SMILES string of the molecule is CCCCC1CN(c2cc(C(C)C)nc(C#CCOCCN3CCC(CN4CCN(c5ccc(CC(C)CC)c(C(C)=C6CCC6)c5)CC4)CC3)n2)C1.CNC=O. The molecule has 0 radical (unpaired) electrons. The van der Waals surface area contributed by atoms with Crippen LogP contribution in [0.2, 0.25) is 0 Å². The molecule has 3 saturated heterocycles. The number of rotatable bonds is 17. The number of hydrogen-bond acceptors (Lipinski definition) is 8. The number of carbonyl (C=O) groups excluding carboxylic acids is 1. The van der Waals surface area contributed by atoms with Crippen molar-refractivity contribution in [2.75, 3.05) is 95.5 Å². The maximum Gasteiger partial charge on any atom is 0.207 e. The van der Waals surface area contributed by atoms with Gasteiger partial charge in [0, 0.05) is 76.9 Å². The summed E-state index contributed by atoms with van der Waals surface area (Å²) in [7, 11) is 1.56. The molecule has 0 bridgehead atoms. The highest BCUT2D eigenvalue weighted by Crippen LogP contribution is 2.37. The van der Waals surface area contributed by atoms with E-state index in [4.69, 9.17) is 19.5 Å². The third-order valence-electron chi connectivity index (χ3n) is 12.8. The number of piperidine rings is 1. The van der Waals surface area contributed by atoms with Gasteiger partial charge in [0.1, 0.15) is 12.4 Å². The van der Waals surface area contributed by atoms with Gasteiger partial charge in [-0.05, 0) is 123 Å². The van der Waals surface area contributed by atoms with E-state index in [0.29, 0.717) is 24.8 Å². The summed E-state index contributed by atoms with van der Waals surface area (Å²) >= 11 is 0. The monoisotopic (exact) mass is 782 g/mol. The van der Waals surface area contributed by atoms with Gasteiger partial charge in [-0.15, -0.1) is 0 Å². The lowest BCUT2D eigenvalue weighted by atomic mass is 9.83. The van der Waals surface area contributed by atoms with Gasteiger partial charge in [0.2, 0.25) is 12.2 Å². The minimum Gasteiger partial charge on any atom is -0.369 e. The molecular weight excluding hydrogens is 707 g/mol. The summed E-state index contributed by atoms with van der Waals surface area (Å²) in [6.45, 7) is 26.3. The number of unbranched alkanes of at least 4 members (excludes halogenated alkanes) is 1. The Balaban J connectivity index is 0.00000148. The Morgan fingerprint density at radius 3 is 2.33 bits per heavy atom. The van der Waals surface area contributed by atoms with Gasteiger partial charge in [0.15, 0.2) is 0 Å². The van der Waals surface area contributed by atoms with Crippen molar-refractivity contribution in [3.63, 3.8) is 0 Å². The molecule has 1 aromatic heterocycles. The minimum absolute atomic E-state index is 0.352. The maximum atomic E-state index is 9.06. The number of carbonyl (C=O) groups is 1. The number of benzene rings is 1. The lowest BCUT2D eigenvalue weighted by molar-refractivity contribution is -0.109. The first-order chi connectivity index (χ1) is 27.7. The van der Waals surface area contributed by atoms with E-state index in [1.54, 1.807) is 23.8 Å². The summed E-state index contributed by atoms with van der Waals surface area (Å²) < 4.78 is 5.96. The number of hydrogen-bond donors (Lipinski definition) is 1. The van der Waals surface area contributed by atoms with Crippen LogP contribution in [0.1, 0.15) is 128 Å². The Bertz CT molecular complexity index is 1620. The molecule has 1 atom stereocenters. The Hall–Kier alpha value is -3.45. The molecule has 9 nitrogen and oxygen atoms in total. The Morgan fingerprint density at radius 1 is 0.965 bits per heavy atom. The van der Waals surface area contributed by atoms with Crippen LogP contribution in [0.15, 0.2) is 29.8 Å². The van der Waals surface area contributed by atoms with Crippen molar-refractivity contribution >= 4 is 23.5 Å². The normalized spacial score (nSPS) is 18.6. The number of piperazine rings is 1. The molecule has 3 aliphatic heterocycles. The van der Waals surface area contributed by atoms with Crippen molar-refractivity contribution in [2.24, 2.45) is 17.8 Å². The second-order valence-corrected chi connectivity index (χ2v) is 17.5.